The van der Waals surface area contributed by atoms with E-state index < -0.39 is 0 Å². The van der Waals surface area contributed by atoms with Gasteiger partial charge in [0.05, 0.1) is 0 Å². The van der Waals surface area contributed by atoms with Gasteiger partial charge < -0.3 is 9.15 Å². The predicted molar refractivity (Wildman–Crippen MR) is 68.9 cm³/mol. The lowest BCUT2D eigenvalue weighted by Gasteiger charge is -2.18. The first-order valence-corrected chi connectivity index (χ1v) is 6.11. The Balaban J connectivity index is 1.63. The first-order chi connectivity index (χ1) is 8.90. The fourth-order valence-electron chi connectivity index (χ4n) is 2.47. The van der Waals surface area contributed by atoms with Gasteiger partial charge in [0.1, 0.15) is 12.4 Å². The zero-order valence-corrected chi connectivity index (χ0v) is 9.85. The summed E-state index contributed by atoms with van der Waals surface area (Å²) in [5.74, 6) is 2.79. The van der Waals surface area contributed by atoms with Gasteiger partial charge in [-0.15, -0.1) is 0 Å². The van der Waals surface area contributed by atoms with Crippen LogP contribution in [-0.2, 0) is 13.0 Å². The van der Waals surface area contributed by atoms with Gasteiger partial charge in [0.2, 0.25) is 0 Å². The summed E-state index contributed by atoms with van der Waals surface area (Å²) >= 11 is 0. The first kappa shape index (κ1) is 9.77. The quantitative estimate of drug-likeness (QED) is 0.538. The molecule has 4 aliphatic rings. The van der Waals surface area contributed by atoms with Crippen molar-refractivity contribution in [1.82, 2.24) is 0 Å². The minimum atomic E-state index is 0.588. The summed E-state index contributed by atoms with van der Waals surface area (Å²) in [7, 11) is 0. The van der Waals surface area contributed by atoms with E-state index in [1.54, 1.807) is 0 Å². The molecule has 0 spiro atoms. The third-order valence-electron chi connectivity index (χ3n) is 3.42. The van der Waals surface area contributed by atoms with Gasteiger partial charge in [0, 0.05) is 12.0 Å². The first-order valence-electron chi connectivity index (χ1n) is 6.11. The molecule has 0 aromatic heterocycles. The van der Waals surface area contributed by atoms with Gasteiger partial charge in [0.15, 0.2) is 11.5 Å². The normalized spacial score (nSPS) is 12.4. The highest BCUT2D eigenvalue weighted by atomic mass is 16.5. The molecule has 18 heavy (non-hydrogen) atoms. The molecule has 2 nitrogen and oxygen atoms in total. The molecular formula is C16H12O2. The van der Waals surface area contributed by atoms with E-state index in [9.17, 15) is 0 Å². The maximum Gasteiger partial charge on any atom is 0.159 e. The largest absolute Gasteiger partial charge is 0.485 e. The molecule has 2 aliphatic carbocycles. The fourth-order valence-corrected chi connectivity index (χ4v) is 2.47. The Bertz CT molecular complexity index is 667. The fraction of sp³-hybridized carbons (Fsp3) is 0.125. The van der Waals surface area contributed by atoms with E-state index in [4.69, 9.17) is 9.15 Å². The van der Waals surface area contributed by atoms with Crippen molar-refractivity contribution in [2.75, 3.05) is 0 Å². The van der Waals surface area contributed by atoms with Crippen molar-refractivity contribution in [1.29, 1.82) is 0 Å². The van der Waals surface area contributed by atoms with Crippen molar-refractivity contribution in [2.45, 2.75) is 13.0 Å². The lowest BCUT2D eigenvalue weighted by Crippen LogP contribution is -2.04. The molecule has 0 fully saturated rings. The number of benzene rings is 1. The van der Waals surface area contributed by atoms with Crippen LogP contribution in [0.2, 0.25) is 0 Å². The van der Waals surface area contributed by atoms with Crippen LogP contribution in [0.3, 0.4) is 0 Å². The van der Waals surface area contributed by atoms with Crippen molar-refractivity contribution in [2.24, 2.45) is 0 Å². The minimum Gasteiger partial charge on any atom is -0.485 e. The summed E-state index contributed by atoms with van der Waals surface area (Å²) in [4.78, 5) is 0. The Kier molecular flexibility index (Phi) is 1.97. The molecule has 0 radical (unpaired) electrons. The van der Waals surface area contributed by atoms with Crippen LogP contribution in [0, 0.1) is 0 Å². The molecule has 2 heteroatoms. The van der Waals surface area contributed by atoms with Crippen molar-refractivity contribution < 1.29 is 9.15 Å². The molecule has 0 saturated carbocycles. The van der Waals surface area contributed by atoms with Crippen LogP contribution < -0.4 is 4.74 Å². The third-order valence-corrected chi connectivity index (χ3v) is 3.42. The van der Waals surface area contributed by atoms with Crippen molar-refractivity contribution in [3.63, 3.8) is 0 Å². The zero-order valence-electron chi connectivity index (χ0n) is 9.85. The SMILES string of the molecule is c1ccc(COc2cc3c4ccc-3oc2C4)cc1. The summed E-state index contributed by atoms with van der Waals surface area (Å²) < 4.78 is 11.6. The molecule has 2 heterocycles. The average Bonchev–Trinajstić information content (AvgIpc) is 2.70. The Morgan fingerprint density at radius 1 is 1.06 bits per heavy atom. The smallest absolute Gasteiger partial charge is 0.159 e. The van der Waals surface area contributed by atoms with Gasteiger partial charge in [-0.25, -0.2) is 0 Å². The number of hydrogen-bond donors (Lipinski definition) is 0. The molecule has 5 rings (SSSR count). The van der Waals surface area contributed by atoms with Crippen molar-refractivity contribution >= 4 is 0 Å². The second kappa shape index (κ2) is 3.64. The average molecular weight is 236 g/mol. The van der Waals surface area contributed by atoms with Gasteiger partial charge in [-0.3, -0.25) is 0 Å². The molecule has 88 valence electrons. The van der Waals surface area contributed by atoms with Gasteiger partial charge in [0.25, 0.3) is 0 Å². The van der Waals surface area contributed by atoms with Gasteiger partial charge >= 0.3 is 0 Å². The lowest BCUT2D eigenvalue weighted by molar-refractivity contribution is 0.287. The lowest BCUT2D eigenvalue weighted by atomic mass is 10.0. The van der Waals surface area contributed by atoms with Gasteiger partial charge in [-0.1, -0.05) is 36.4 Å². The van der Waals surface area contributed by atoms with Crippen LogP contribution in [0.4, 0.5) is 0 Å². The molecule has 0 amide bonds. The van der Waals surface area contributed by atoms with Crippen molar-refractivity contribution in [3.8, 4) is 17.1 Å². The Labute approximate surface area is 105 Å². The van der Waals surface area contributed by atoms with E-state index in [1.165, 1.54) is 16.7 Å². The van der Waals surface area contributed by atoms with E-state index >= 15 is 0 Å². The van der Waals surface area contributed by atoms with E-state index in [0.29, 0.717) is 6.61 Å². The number of rotatable bonds is 3. The van der Waals surface area contributed by atoms with Crippen LogP contribution in [-0.4, -0.2) is 0 Å². The number of hydrogen-bond acceptors (Lipinski definition) is 2. The van der Waals surface area contributed by atoms with E-state index in [1.807, 2.05) is 24.3 Å². The molecule has 0 atom stereocenters. The summed E-state index contributed by atoms with van der Waals surface area (Å²) in [6, 6.07) is 16.4. The van der Waals surface area contributed by atoms with Crippen LogP contribution in [0.1, 0.15) is 16.9 Å². The van der Waals surface area contributed by atoms with Gasteiger partial charge in [-0.05, 0) is 23.3 Å². The Morgan fingerprint density at radius 3 is 2.72 bits per heavy atom. The zero-order chi connectivity index (χ0) is 11.9. The highest BCUT2D eigenvalue weighted by Gasteiger charge is 2.24. The maximum absolute atomic E-state index is 5.85. The standard InChI is InChI=1S/C16H12O2/c1-2-4-11(5-3-1)10-17-15-9-13-12-6-7-14(13)18-16(15)8-12/h1-7,9H,8,10H2. The van der Waals surface area contributed by atoms with E-state index in [2.05, 4.69) is 24.3 Å². The number of ether oxygens (including phenoxy) is 1. The molecule has 2 aliphatic heterocycles. The van der Waals surface area contributed by atoms with Crippen LogP contribution in [0.15, 0.2) is 52.9 Å². The highest BCUT2D eigenvalue weighted by Crippen LogP contribution is 2.42. The topological polar surface area (TPSA) is 22.4 Å². The highest BCUT2D eigenvalue weighted by molar-refractivity contribution is 5.71. The monoisotopic (exact) mass is 236 g/mol. The Hall–Kier alpha value is -2.22. The van der Waals surface area contributed by atoms with Crippen molar-refractivity contribution in [3.05, 3.63) is 65.4 Å². The van der Waals surface area contributed by atoms with E-state index in [-0.39, 0.29) is 0 Å². The summed E-state index contributed by atoms with van der Waals surface area (Å²) in [5, 5.41) is 0. The van der Waals surface area contributed by atoms with Gasteiger partial charge in [-0.2, -0.15) is 0 Å². The maximum atomic E-state index is 5.85. The van der Waals surface area contributed by atoms with Crippen LogP contribution in [0.5, 0.6) is 5.75 Å². The Morgan fingerprint density at radius 2 is 1.94 bits per heavy atom. The molecule has 0 unspecified atom stereocenters. The third kappa shape index (κ3) is 1.42. The molecule has 0 N–H and O–H groups in total. The van der Waals surface area contributed by atoms with Crippen LogP contribution >= 0.6 is 0 Å². The summed E-state index contributed by atoms with van der Waals surface area (Å²) in [6.45, 7) is 0.588. The van der Waals surface area contributed by atoms with E-state index in [0.717, 1.165) is 23.7 Å². The molecule has 4 bridgehead atoms. The number of fused-ring (bicyclic) bond motifs is 1. The molecule has 1 aromatic rings. The second-order valence-corrected chi connectivity index (χ2v) is 4.62. The minimum absolute atomic E-state index is 0.588. The molecule has 1 aromatic carbocycles. The molecular weight excluding hydrogens is 224 g/mol. The molecule has 0 saturated heterocycles. The summed E-state index contributed by atoms with van der Waals surface area (Å²) in [5.41, 5.74) is 3.71. The predicted octanol–water partition coefficient (Wildman–Crippen LogP) is 3.87. The summed E-state index contributed by atoms with van der Waals surface area (Å²) in [6.07, 6.45) is 0.857. The van der Waals surface area contributed by atoms with Crippen LogP contribution in [0.25, 0.3) is 11.3 Å². The second-order valence-electron chi connectivity index (χ2n) is 4.62.